The smallest absolute Gasteiger partial charge is 0.303 e. The van der Waals surface area contributed by atoms with Crippen molar-refractivity contribution in [3.63, 3.8) is 0 Å². The molecule has 0 unspecified atom stereocenters. The van der Waals surface area contributed by atoms with Gasteiger partial charge in [0.2, 0.25) is 0 Å². The van der Waals surface area contributed by atoms with Crippen LogP contribution in [-0.2, 0) is 4.79 Å². The first-order chi connectivity index (χ1) is 5.59. The van der Waals surface area contributed by atoms with Crippen LogP contribution in [0.5, 0.6) is 0 Å². The fraction of sp³-hybridized carbons (Fsp3) is 0.900. The van der Waals surface area contributed by atoms with Gasteiger partial charge in [-0.25, -0.2) is 0 Å². The van der Waals surface area contributed by atoms with Crippen LogP contribution in [0.1, 0.15) is 34.1 Å². The van der Waals surface area contributed by atoms with Crippen LogP contribution in [0, 0.1) is 0 Å². The van der Waals surface area contributed by atoms with Gasteiger partial charge < -0.3 is 5.11 Å². The van der Waals surface area contributed by atoms with Crippen LogP contribution in [0.25, 0.3) is 0 Å². The van der Waals surface area contributed by atoms with Gasteiger partial charge in [-0.15, -0.1) is 0 Å². The summed E-state index contributed by atoms with van der Waals surface area (Å²) in [6, 6.07) is 0. The van der Waals surface area contributed by atoms with E-state index < -0.39 is 14.0 Å². The fourth-order valence-corrected chi connectivity index (χ4v) is 3.42. The topological polar surface area (TPSA) is 37.3 Å². The Kier molecular flexibility index (Phi) is 3.73. The van der Waals surface area contributed by atoms with Crippen molar-refractivity contribution in [2.24, 2.45) is 0 Å². The van der Waals surface area contributed by atoms with E-state index in [2.05, 4.69) is 40.8 Å². The van der Waals surface area contributed by atoms with E-state index in [-0.39, 0.29) is 5.04 Å². The summed E-state index contributed by atoms with van der Waals surface area (Å²) in [6.07, 6.45) is 0.316. The highest BCUT2D eigenvalue weighted by Crippen LogP contribution is 2.44. The molecule has 2 nitrogen and oxygen atoms in total. The fourth-order valence-electron chi connectivity index (χ4n) is 1.26. The molecule has 0 aliphatic rings. The molecule has 0 aromatic rings. The maximum Gasteiger partial charge on any atom is 0.303 e. The van der Waals surface area contributed by atoms with Crippen LogP contribution in [-0.4, -0.2) is 19.1 Å². The molecule has 0 rings (SSSR count). The molecule has 0 aliphatic carbocycles. The lowest BCUT2D eigenvalue weighted by Crippen LogP contribution is -2.41. The second-order valence-corrected chi connectivity index (χ2v) is 11.4. The van der Waals surface area contributed by atoms with Crippen molar-refractivity contribution in [1.82, 2.24) is 0 Å². The molecule has 0 aromatic carbocycles. The number of hydrogen-bond acceptors (Lipinski definition) is 1. The van der Waals surface area contributed by atoms with Gasteiger partial charge >= 0.3 is 5.97 Å². The average Bonchev–Trinajstić information content (AvgIpc) is 1.82. The number of carboxylic acids is 1. The zero-order chi connectivity index (χ0) is 10.9. The number of carbonyl (C=O) groups is 1. The predicted molar refractivity (Wildman–Crippen MR) is 58.9 cm³/mol. The summed E-state index contributed by atoms with van der Waals surface area (Å²) >= 11 is 0. The van der Waals surface area contributed by atoms with Gasteiger partial charge in [0, 0.05) is 6.42 Å². The third kappa shape index (κ3) is 3.14. The Morgan fingerprint density at radius 3 is 2.00 bits per heavy atom. The van der Waals surface area contributed by atoms with E-state index in [0.717, 1.165) is 0 Å². The Balaban J connectivity index is 4.54. The lowest BCUT2D eigenvalue weighted by molar-refractivity contribution is -0.137. The Morgan fingerprint density at radius 1 is 1.38 bits per heavy atom. The van der Waals surface area contributed by atoms with Crippen LogP contribution in [0.4, 0.5) is 0 Å². The maximum absolute atomic E-state index is 10.6. The molecule has 0 fully saturated rings. The standard InChI is InChI=1S/C10H22O2Si/c1-8(7-9(11)12)13(5,6)10(2,3)4/h8H,7H2,1-6H3,(H,11,12)/t8-/m1/s1. The number of carboxylic acid groups (broad SMARTS) is 1. The van der Waals surface area contributed by atoms with E-state index in [1.807, 2.05) is 0 Å². The quantitative estimate of drug-likeness (QED) is 0.713. The maximum atomic E-state index is 10.6. The zero-order valence-electron chi connectivity index (χ0n) is 9.64. The lowest BCUT2D eigenvalue weighted by Gasteiger charge is -2.41. The van der Waals surface area contributed by atoms with Crippen molar-refractivity contribution in [3.8, 4) is 0 Å². The van der Waals surface area contributed by atoms with E-state index in [9.17, 15) is 4.79 Å². The molecule has 0 saturated carbocycles. The Morgan fingerprint density at radius 2 is 1.77 bits per heavy atom. The van der Waals surface area contributed by atoms with Crippen LogP contribution >= 0.6 is 0 Å². The molecule has 13 heavy (non-hydrogen) atoms. The molecule has 0 bridgehead atoms. The highest BCUT2D eigenvalue weighted by Gasteiger charge is 2.40. The summed E-state index contributed by atoms with van der Waals surface area (Å²) in [5.41, 5.74) is 0.338. The van der Waals surface area contributed by atoms with Crippen molar-refractivity contribution < 1.29 is 9.90 Å². The predicted octanol–water partition coefficient (Wildman–Crippen LogP) is 3.36. The molecule has 0 spiro atoms. The van der Waals surface area contributed by atoms with Gasteiger partial charge in [0.25, 0.3) is 0 Å². The van der Waals surface area contributed by atoms with Crippen molar-refractivity contribution in [2.75, 3.05) is 0 Å². The van der Waals surface area contributed by atoms with Crippen LogP contribution in [0.15, 0.2) is 0 Å². The summed E-state index contributed by atoms with van der Waals surface area (Å²) in [6.45, 7) is 13.3. The Labute approximate surface area is 82.4 Å². The minimum absolute atomic E-state index is 0.280. The summed E-state index contributed by atoms with van der Waals surface area (Å²) < 4.78 is 0. The molecular weight excluding hydrogens is 180 g/mol. The molecule has 0 heterocycles. The highest BCUT2D eigenvalue weighted by atomic mass is 28.3. The van der Waals surface area contributed by atoms with Gasteiger partial charge in [-0.05, 0) is 10.6 Å². The molecule has 0 amide bonds. The Hall–Kier alpha value is -0.313. The third-order valence-corrected chi connectivity index (χ3v) is 10.2. The zero-order valence-corrected chi connectivity index (χ0v) is 10.6. The number of aliphatic carboxylic acids is 1. The van der Waals surface area contributed by atoms with Gasteiger partial charge in [-0.1, -0.05) is 40.8 Å². The lowest BCUT2D eigenvalue weighted by atomic mass is 10.2. The number of hydrogen-bond donors (Lipinski definition) is 1. The Bertz CT molecular complexity index is 192. The summed E-state index contributed by atoms with van der Waals surface area (Å²) in [7, 11) is -1.45. The van der Waals surface area contributed by atoms with Crippen LogP contribution in [0.2, 0.25) is 23.7 Å². The van der Waals surface area contributed by atoms with Gasteiger partial charge in [-0.2, -0.15) is 0 Å². The van der Waals surface area contributed by atoms with Crippen LogP contribution in [0.3, 0.4) is 0 Å². The van der Waals surface area contributed by atoms with Gasteiger partial charge in [0.1, 0.15) is 0 Å². The van der Waals surface area contributed by atoms with Gasteiger partial charge in [-0.3, -0.25) is 4.79 Å². The molecule has 78 valence electrons. The third-order valence-electron chi connectivity index (χ3n) is 3.65. The number of rotatable bonds is 3. The summed E-state index contributed by atoms with van der Waals surface area (Å²) in [5.74, 6) is -0.669. The largest absolute Gasteiger partial charge is 0.481 e. The van der Waals surface area contributed by atoms with Gasteiger partial charge in [0.05, 0.1) is 8.07 Å². The monoisotopic (exact) mass is 202 g/mol. The molecule has 0 saturated heterocycles. The molecule has 0 aliphatic heterocycles. The van der Waals surface area contributed by atoms with Crippen molar-refractivity contribution in [3.05, 3.63) is 0 Å². The minimum atomic E-state index is -1.45. The first-order valence-electron chi connectivity index (χ1n) is 4.81. The SMILES string of the molecule is C[C@H](CC(=O)O)[Si](C)(C)C(C)(C)C. The summed E-state index contributed by atoms with van der Waals surface area (Å²) in [5, 5.41) is 9.01. The first kappa shape index (κ1) is 12.7. The molecule has 0 radical (unpaired) electrons. The average molecular weight is 202 g/mol. The second-order valence-electron chi connectivity index (χ2n) is 5.47. The van der Waals surface area contributed by atoms with Crippen LogP contribution < -0.4 is 0 Å². The van der Waals surface area contributed by atoms with E-state index >= 15 is 0 Å². The van der Waals surface area contributed by atoms with Crippen molar-refractivity contribution in [2.45, 2.75) is 57.8 Å². The first-order valence-corrected chi connectivity index (χ1v) is 7.88. The molecule has 3 heteroatoms. The molecule has 0 aromatic heterocycles. The molecule has 1 N–H and O–H groups in total. The molecular formula is C10H22O2Si. The van der Waals surface area contributed by atoms with E-state index in [1.165, 1.54) is 0 Å². The molecule has 1 atom stereocenters. The van der Waals surface area contributed by atoms with E-state index in [0.29, 0.717) is 12.0 Å². The normalized spacial score (nSPS) is 15.5. The van der Waals surface area contributed by atoms with E-state index in [4.69, 9.17) is 5.11 Å². The summed E-state index contributed by atoms with van der Waals surface area (Å²) in [4.78, 5) is 10.6. The second kappa shape index (κ2) is 3.82. The van der Waals surface area contributed by atoms with E-state index in [1.54, 1.807) is 0 Å². The highest BCUT2D eigenvalue weighted by molar-refractivity contribution is 6.81. The minimum Gasteiger partial charge on any atom is -0.481 e. The van der Waals surface area contributed by atoms with Crippen molar-refractivity contribution >= 4 is 14.0 Å². The van der Waals surface area contributed by atoms with Crippen molar-refractivity contribution in [1.29, 1.82) is 0 Å². The van der Waals surface area contributed by atoms with Gasteiger partial charge in [0.15, 0.2) is 0 Å².